The van der Waals surface area contributed by atoms with Gasteiger partial charge in [0.15, 0.2) is 0 Å². The minimum Gasteiger partial charge on any atom is -1.00 e. The summed E-state index contributed by atoms with van der Waals surface area (Å²) in [6.45, 7) is 6.28. The van der Waals surface area contributed by atoms with Crippen LogP contribution in [0.2, 0.25) is 0 Å². The van der Waals surface area contributed by atoms with Gasteiger partial charge in [0.25, 0.3) is 5.91 Å². The summed E-state index contributed by atoms with van der Waals surface area (Å²) in [5.41, 5.74) is 1.26. The van der Waals surface area contributed by atoms with E-state index in [0.717, 1.165) is 63.0 Å². The van der Waals surface area contributed by atoms with Crippen LogP contribution >= 0.6 is 15.9 Å². The first kappa shape index (κ1) is 20.4. The molecular weight excluding hydrogens is 432 g/mol. The summed E-state index contributed by atoms with van der Waals surface area (Å²) in [7, 11) is 0. The normalized spacial score (nSPS) is 23.0. The first-order chi connectivity index (χ1) is 12.6. The zero-order chi connectivity index (χ0) is 18.1. The van der Waals surface area contributed by atoms with Gasteiger partial charge in [-0.1, -0.05) is 22.0 Å². The number of rotatable bonds is 5. The van der Waals surface area contributed by atoms with Crippen LogP contribution in [-0.2, 0) is 4.79 Å². The van der Waals surface area contributed by atoms with Crippen LogP contribution in [0.25, 0.3) is 0 Å². The van der Waals surface area contributed by atoms with Crippen LogP contribution in [-0.4, -0.2) is 78.5 Å². The molecule has 1 atom stereocenters. The molecule has 0 N–H and O–H groups in total. The molecule has 0 saturated carbocycles. The quantitative estimate of drug-likeness (QED) is 0.555. The molecule has 0 bridgehead atoms. The van der Waals surface area contributed by atoms with Crippen molar-refractivity contribution >= 4 is 33.6 Å². The van der Waals surface area contributed by atoms with Crippen LogP contribution in [0.3, 0.4) is 0 Å². The van der Waals surface area contributed by atoms with Gasteiger partial charge in [0.2, 0.25) is 0 Å². The molecule has 4 rings (SSSR count). The van der Waals surface area contributed by atoms with E-state index in [-0.39, 0.29) is 30.4 Å². The molecule has 0 aliphatic carbocycles. The zero-order valence-electron chi connectivity index (χ0n) is 15.3. The van der Waals surface area contributed by atoms with E-state index in [2.05, 4.69) is 43.9 Å². The number of nitrogens with zero attached hydrogens (tertiary/aromatic N) is 4. The van der Waals surface area contributed by atoms with Crippen molar-refractivity contribution in [2.24, 2.45) is 0 Å². The summed E-state index contributed by atoms with van der Waals surface area (Å²) in [6.07, 6.45) is 2.64. The van der Waals surface area contributed by atoms with Gasteiger partial charge in [-0.3, -0.25) is 14.6 Å². The lowest BCUT2D eigenvalue weighted by Gasteiger charge is -2.36. The molecule has 0 aromatic heterocycles. The first-order valence-electron chi connectivity index (χ1n) is 9.48. The minimum absolute atomic E-state index is 0. The van der Waals surface area contributed by atoms with Gasteiger partial charge in [0, 0.05) is 49.4 Å². The maximum Gasteiger partial charge on any atom is 0.327 e. The zero-order valence-corrected chi connectivity index (χ0v) is 17.7. The number of benzene rings is 1. The van der Waals surface area contributed by atoms with E-state index < -0.39 is 0 Å². The van der Waals surface area contributed by atoms with E-state index in [9.17, 15) is 9.59 Å². The number of imide groups is 1. The van der Waals surface area contributed by atoms with Gasteiger partial charge in [-0.15, -0.1) is 0 Å². The smallest absolute Gasteiger partial charge is 0.327 e. The third-order valence-corrected chi connectivity index (χ3v) is 6.18. The molecule has 1 unspecified atom stereocenters. The Bertz CT molecular complexity index is 674. The Hall–Kier alpha value is -1.31. The number of piperazine rings is 1. The molecule has 0 spiro atoms. The average Bonchev–Trinajstić information content (AvgIpc) is 3.22. The molecule has 148 valence electrons. The van der Waals surface area contributed by atoms with Crippen molar-refractivity contribution in [3.8, 4) is 0 Å². The van der Waals surface area contributed by atoms with E-state index in [0.29, 0.717) is 6.54 Å². The number of fused-ring (bicyclic) bond motifs is 1. The lowest BCUT2D eigenvalue weighted by atomic mass is 10.2. The summed E-state index contributed by atoms with van der Waals surface area (Å²) in [6, 6.07) is 8.18. The topological polar surface area (TPSA) is 47.1 Å². The Morgan fingerprint density at radius 3 is 2.52 bits per heavy atom. The lowest BCUT2D eigenvalue weighted by Crippen LogP contribution is -3.00. The van der Waals surface area contributed by atoms with Crippen molar-refractivity contribution < 1.29 is 22.0 Å². The third-order valence-electron chi connectivity index (χ3n) is 5.68. The Labute approximate surface area is 175 Å². The molecule has 1 aromatic carbocycles. The first-order valence-corrected chi connectivity index (χ1v) is 10.3. The predicted molar refractivity (Wildman–Crippen MR) is 104 cm³/mol. The number of amides is 3. The number of anilines is 1. The van der Waals surface area contributed by atoms with Crippen molar-refractivity contribution in [3.63, 3.8) is 0 Å². The minimum atomic E-state index is -0.170. The van der Waals surface area contributed by atoms with Crippen LogP contribution in [0.15, 0.2) is 28.7 Å². The van der Waals surface area contributed by atoms with Crippen molar-refractivity contribution in [2.75, 3.05) is 50.7 Å². The van der Waals surface area contributed by atoms with Gasteiger partial charge < -0.3 is 22.2 Å². The van der Waals surface area contributed by atoms with E-state index in [4.69, 9.17) is 0 Å². The Morgan fingerprint density at radius 1 is 1.04 bits per heavy atom. The molecule has 1 aromatic rings. The molecule has 0 radical (unpaired) electrons. The highest BCUT2D eigenvalue weighted by Crippen LogP contribution is 2.27. The molecule has 8 heteroatoms. The summed E-state index contributed by atoms with van der Waals surface area (Å²) < 4.78 is 1.11. The van der Waals surface area contributed by atoms with Gasteiger partial charge in [0.05, 0.1) is 0 Å². The second-order valence-corrected chi connectivity index (χ2v) is 8.20. The maximum absolute atomic E-state index is 12.3. The summed E-state index contributed by atoms with van der Waals surface area (Å²) in [5.74, 6) is 0.0203. The van der Waals surface area contributed by atoms with Crippen molar-refractivity contribution in [3.05, 3.63) is 28.7 Å². The molecular formula is C19H25BrClN4O2-. The van der Waals surface area contributed by atoms with Gasteiger partial charge in [-0.2, -0.15) is 0 Å². The van der Waals surface area contributed by atoms with E-state index in [1.165, 1.54) is 10.6 Å². The number of carbonyl (C=O) groups is 2. The lowest BCUT2D eigenvalue weighted by molar-refractivity contribution is -0.128. The van der Waals surface area contributed by atoms with Gasteiger partial charge >= 0.3 is 6.03 Å². The second kappa shape index (κ2) is 8.80. The number of hydrogen-bond donors (Lipinski definition) is 0. The fourth-order valence-electron chi connectivity index (χ4n) is 4.24. The molecule has 3 saturated heterocycles. The van der Waals surface area contributed by atoms with Gasteiger partial charge in [-0.25, -0.2) is 4.79 Å². The highest BCUT2D eigenvalue weighted by molar-refractivity contribution is 9.10. The van der Waals surface area contributed by atoms with Crippen LogP contribution in [0.5, 0.6) is 0 Å². The number of hydrogen-bond acceptors (Lipinski definition) is 4. The average molecular weight is 457 g/mol. The van der Waals surface area contributed by atoms with Gasteiger partial charge in [0.1, 0.15) is 6.04 Å². The Balaban J connectivity index is 0.00000210. The summed E-state index contributed by atoms with van der Waals surface area (Å²) >= 11 is 3.53. The standard InChI is InChI=1S/C19H25BrN4O2.ClH/c20-15-4-1-5-16(14-15)22-12-10-21(11-13-22)7-3-9-24-18(25)17-6-2-8-23(17)19(24)26;/h1,4-5,14,17H,2-3,6-13H2;1H/p-1. The highest BCUT2D eigenvalue weighted by Gasteiger charge is 2.46. The molecule has 3 aliphatic heterocycles. The van der Waals surface area contributed by atoms with Crippen LogP contribution in [0, 0.1) is 0 Å². The monoisotopic (exact) mass is 455 g/mol. The fourth-order valence-corrected chi connectivity index (χ4v) is 4.63. The SMILES string of the molecule is O=C1C2CCCN2C(=O)N1CCCN1CCN(c2cccc(Br)c2)CC1.[Cl-]. The predicted octanol–water partition coefficient (Wildman–Crippen LogP) is -0.608. The number of carbonyl (C=O) groups excluding carboxylic acids is 2. The maximum atomic E-state index is 12.3. The summed E-state index contributed by atoms with van der Waals surface area (Å²) in [5, 5.41) is 0. The van der Waals surface area contributed by atoms with Crippen molar-refractivity contribution in [1.82, 2.24) is 14.7 Å². The fraction of sp³-hybridized carbons (Fsp3) is 0.579. The van der Waals surface area contributed by atoms with E-state index in [1.807, 2.05) is 6.07 Å². The van der Waals surface area contributed by atoms with Gasteiger partial charge in [-0.05, 0) is 44.0 Å². The second-order valence-electron chi connectivity index (χ2n) is 7.29. The molecule has 3 heterocycles. The van der Waals surface area contributed by atoms with Crippen molar-refractivity contribution in [1.29, 1.82) is 0 Å². The molecule has 27 heavy (non-hydrogen) atoms. The molecule has 3 amide bonds. The third kappa shape index (κ3) is 4.25. The largest absolute Gasteiger partial charge is 1.00 e. The molecule has 3 fully saturated rings. The Kier molecular flexibility index (Phi) is 6.65. The van der Waals surface area contributed by atoms with Crippen LogP contribution in [0.1, 0.15) is 19.3 Å². The number of urea groups is 1. The van der Waals surface area contributed by atoms with E-state index >= 15 is 0 Å². The van der Waals surface area contributed by atoms with E-state index in [1.54, 1.807) is 4.90 Å². The summed E-state index contributed by atoms with van der Waals surface area (Å²) in [4.78, 5) is 32.7. The number of halogens is 2. The van der Waals surface area contributed by atoms with Crippen LogP contribution in [0.4, 0.5) is 10.5 Å². The van der Waals surface area contributed by atoms with Crippen molar-refractivity contribution in [2.45, 2.75) is 25.3 Å². The Morgan fingerprint density at radius 2 is 1.81 bits per heavy atom. The molecule has 3 aliphatic rings. The molecule has 6 nitrogen and oxygen atoms in total. The van der Waals surface area contributed by atoms with Crippen LogP contribution < -0.4 is 17.3 Å². The highest BCUT2D eigenvalue weighted by atomic mass is 79.9.